The fourth-order valence-corrected chi connectivity index (χ4v) is 2.39. The van der Waals surface area contributed by atoms with Crippen LogP contribution in [0.25, 0.3) is 10.9 Å². The third-order valence-corrected chi connectivity index (χ3v) is 3.47. The molecular formula is C16H12ClFN2. The van der Waals surface area contributed by atoms with E-state index < -0.39 is 0 Å². The highest BCUT2D eigenvalue weighted by atomic mass is 35.5. The van der Waals surface area contributed by atoms with Gasteiger partial charge in [-0.25, -0.2) is 4.39 Å². The Hall–Kier alpha value is -2.13. The van der Waals surface area contributed by atoms with Gasteiger partial charge in [-0.05, 0) is 29.8 Å². The molecule has 1 N–H and O–H groups in total. The molecular weight excluding hydrogens is 275 g/mol. The van der Waals surface area contributed by atoms with Crippen molar-refractivity contribution < 1.29 is 4.39 Å². The highest BCUT2D eigenvalue weighted by Crippen LogP contribution is 2.26. The van der Waals surface area contributed by atoms with Crippen LogP contribution in [0, 0.1) is 5.82 Å². The third kappa shape index (κ3) is 2.45. The Bertz CT molecular complexity index is 733. The van der Waals surface area contributed by atoms with Crippen molar-refractivity contribution >= 4 is 28.2 Å². The van der Waals surface area contributed by atoms with Gasteiger partial charge in [0.05, 0.1) is 16.2 Å². The van der Waals surface area contributed by atoms with Crippen molar-refractivity contribution in [2.75, 3.05) is 5.32 Å². The first-order chi connectivity index (χ1) is 9.75. The lowest BCUT2D eigenvalue weighted by molar-refractivity contribution is 0.630. The molecule has 20 heavy (non-hydrogen) atoms. The minimum absolute atomic E-state index is 0.329. The first kappa shape index (κ1) is 12.9. The summed E-state index contributed by atoms with van der Waals surface area (Å²) in [5.41, 5.74) is 2.30. The van der Waals surface area contributed by atoms with Gasteiger partial charge in [-0.2, -0.15) is 0 Å². The molecule has 1 heterocycles. The molecule has 0 spiro atoms. The number of aromatic nitrogens is 1. The monoisotopic (exact) mass is 286 g/mol. The molecule has 0 aliphatic heterocycles. The summed E-state index contributed by atoms with van der Waals surface area (Å²) in [4.78, 5) is 4.30. The number of hydrogen-bond acceptors (Lipinski definition) is 2. The largest absolute Gasteiger partial charge is 0.377 e. The molecule has 0 fully saturated rings. The lowest BCUT2D eigenvalue weighted by atomic mass is 10.1. The van der Waals surface area contributed by atoms with Gasteiger partial charge in [-0.1, -0.05) is 35.9 Å². The minimum Gasteiger partial charge on any atom is -0.377 e. The van der Waals surface area contributed by atoms with E-state index in [1.165, 1.54) is 6.07 Å². The SMILES string of the molecule is Fc1cccc(Cl)c1NCc1ccnc2ccccc12. The van der Waals surface area contributed by atoms with E-state index in [1.807, 2.05) is 30.3 Å². The van der Waals surface area contributed by atoms with Gasteiger partial charge in [0.15, 0.2) is 0 Å². The standard InChI is InChI=1S/C16H12ClFN2/c17-13-5-3-6-14(18)16(13)20-10-11-8-9-19-15-7-2-1-4-12(11)15/h1-9,20H,10H2. The number of benzene rings is 2. The van der Waals surface area contributed by atoms with Gasteiger partial charge in [-0.15, -0.1) is 0 Å². The van der Waals surface area contributed by atoms with Crippen molar-refractivity contribution in [2.45, 2.75) is 6.54 Å². The van der Waals surface area contributed by atoms with Gasteiger partial charge in [0.1, 0.15) is 5.82 Å². The molecule has 0 atom stereocenters. The van der Waals surface area contributed by atoms with Gasteiger partial charge in [0.2, 0.25) is 0 Å². The Labute approximate surface area is 121 Å². The maximum absolute atomic E-state index is 13.7. The summed E-state index contributed by atoms with van der Waals surface area (Å²) < 4.78 is 13.7. The number of rotatable bonds is 3. The lowest BCUT2D eigenvalue weighted by Gasteiger charge is -2.11. The number of halogens is 2. The topological polar surface area (TPSA) is 24.9 Å². The summed E-state index contributed by atoms with van der Waals surface area (Å²) in [5, 5.41) is 4.48. The molecule has 3 rings (SSSR count). The van der Waals surface area contributed by atoms with Crippen molar-refractivity contribution in [2.24, 2.45) is 0 Å². The minimum atomic E-state index is -0.351. The molecule has 3 aromatic rings. The van der Waals surface area contributed by atoms with Gasteiger partial charge in [-0.3, -0.25) is 4.98 Å². The maximum Gasteiger partial charge on any atom is 0.147 e. The summed E-state index contributed by atoms with van der Waals surface area (Å²) in [6.07, 6.45) is 1.75. The number of hydrogen-bond donors (Lipinski definition) is 1. The van der Waals surface area contributed by atoms with Crippen LogP contribution in [-0.4, -0.2) is 4.98 Å². The zero-order valence-electron chi connectivity index (χ0n) is 10.6. The summed E-state index contributed by atoms with van der Waals surface area (Å²) in [6.45, 7) is 0.490. The van der Waals surface area contributed by atoms with Crippen LogP contribution < -0.4 is 5.32 Å². The second-order valence-electron chi connectivity index (χ2n) is 4.44. The third-order valence-electron chi connectivity index (χ3n) is 3.16. The van der Waals surface area contributed by atoms with E-state index in [4.69, 9.17) is 11.6 Å². The molecule has 0 amide bonds. The average molecular weight is 287 g/mol. The van der Waals surface area contributed by atoms with Crippen molar-refractivity contribution in [1.29, 1.82) is 0 Å². The average Bonchev–Trinajstić information content (AvgIpc) is 2.47. The van der Waals surface area contributed by atoms with Crippen LogP contribution in [0.4, 0.5) is 10.1 Å². The highest BCUT2D eigenvalue weighted by molar-refractivity contribution is 6.33. The van der Waals surface area contributed by atoms with Gasteiger partial charge >= 0.3 is 0 Å². The second-order valence-corrected chi connectivity index (χ2v) is 4.84. The van der Waals surface area contributed by atoms with Gasteiger partial charge in [0, 0.05) is 18.1 Å². The van der Waals surface area contributed by atoms with Crippen LogP contribution in [-0.2, 0) is 6.54 Å². The van der Waals surface area contributed by atoms with Gasteiger partial charge < -0.3 is 5.32 Å². The molecule has 0 saturated heterocycles. The van der Waals surface area contributed by atoms with E-state index in [-0.39, 0.29) is 5.82 Å². The van der Waals surface area contributed by atoms with Gasteiger partial charge in [0.25, 0.3) is 0 Å². The number of fused-ring (bicyclic) bond motifs is 1. The first-order valence-electron chi connectivity index (χ1n) is 6.26. The Kier molecular flexibility index (Phi) is 3.52. The van der Waals surface area contributed by atoms with E-state index >= 15 is 0 Å². The smallest absolute Gasteiger partial charge is 0.147 e. The zero-order chi connectivity index (χ0) is 13.9. The number of anilines is 1. The number of para-hydroxylation sites is 2. The lowest BCUT2D eigenvalue weighted by Crippen LogP contribution is -2.03. The molecule has 1 aromatic heterocycles. The number of nitrogens with zero attached hydrogens (tertiary/aromatic N) is 1. The maximum atomic E-state index is 13.7. The predicted molar refractivity (Wildman–Crippen MR) is 80.5 cm³/mol. The number of pyridine rings is 1. The van der Waals surface area contributed by atoms with E-state index in [2.05, 4.69) is 10.3 Å². The van der Waals surface area contributed by atoms with Crippen molar-refractivity contribution in [1.82, 2.24) is 4.98 Å². The first-order valence-corrected chi connectivity index (χ1v) is 6.64. The number of nitrogens with one attached hydrogen (secondary N) is 1. The predicted octanol–water partition coefficient (Wildman–Crippen LogP) is 4.64. The molecule has 0 unspecified atom stereocenters. The van der Waals surface area contributed by atoms with Crippen LogP contribution >= 0.6 is 11.6 Å². The van der Waals surface area contributed by atoms with E-state index in [0.29, 0.717) is 17.3 Å². The fraction of sp³-hybridized carbons (Fsp3) is 0.0625. The van der Waals surface area contributed by atoms with Crippen LogP contribution in [0.5, 0.6) is 0 Å². The second kappa shape index (κ2) is 5.47. The molecule has 0 saturated carbocycles. The Morgan fingerprint density at radius 2 is 1.90 bits per heavy atom. The Morgan fingerprint density at radius 1 is 1.05 bits per heavy atom. The Morgan fingerprint density at radius 3 is 2.75 bits per heavy atom. The van der Waals surface area contributed by atoms with Crippen molar-refractivity contribution in [3.05, 3.63) is 71.1 Å². The van der Waals surface area contributed by atoms with Crippen LogP contribution in [0.2, 0.25) is 5.02 Å². The molecule has 0 aliphatic carbocycles. The Balaban J connectivity index is 1.91. The molecule has 2 nitrogen and oxygen atoms in total. The molecule has 100 valence electrons. The molecule has 0 bridgehead atoms. The molecule has 4 heteroatoms. The van der Waals surface area contributed by atoms with Crippen LogP contribution in [0.1, 0.15) is 5.56 Å². The summed E-state index contributed by atoms with van der Waals surface area (Å²) >= 11 is 6.00. The van der Waals surface area contributed by atoms with E-state index in [9.17, 15) is 4.39 Å². The summed E-state index contributed by atoms with van der Waals surface area (Å²) in [5.74, 6) is -0.351. The normalized spacial score (nSPS) is 10.7. The van der Waals surface area contributed by atoms with E-state index in [0.717, 1.165) is 16.5 Å². The fourth-order valence-electron chi connectivity index (χ4n) is 2.16. The quantitative estimate of drug-likeness (QED) is 0.759. The van der Waals surface area contributed by atoms with Crippen LogP contribution in [0.3, 0.4) is 0 Å². The highest BCUT2D eigenvalue weighted by Gasteiger charge is 2.07. The van der Waals surface area contributed by atoms with Crippen LogP contribution in [0.15, 0.2) is 54.7 Å². The summed E-state index contributed by atoms with van der Waals surface area (Å²) in [7, 11) is 0. The van der Waals surface area contributed by atoms with Crippen molar-refractivity contribution in [3.63, 3.8) is 0 Å². The molecule has 0 aliphatic rings. The zero-order valence-corrected chi connectivity index (χ0v) is 11.4. The summed E-state index contributed by atoms with van der Waals surface area (Å²) in [6, 6.07) is 14.4. The van der Waals surface area contributed by atoms with Crippen molar-refractivity contribution in [3.8, 4) is 0 Å². The molecule has 2 aromatic carbocycles. The van der Waals surface area contributed by atoms with E-state index in [1.54, 1.807) is 18.3 Å². The molecule has 0 radical (unpaired) electrons.